The van der Waals surface area contributed by atoms with Gasteiger partial charge in [0.1, 0.15) is 4.90 Å². The summed E-state index contributed by atoms with van der Waals surface area (Å²) >= 11 is 7.25. The highest BCUT2D eigenvalue weighted by Gasteiger charge is 2.18. The molecule has 2 aromatic carbocycles. The van der Waals surface area contributed by atoms with Crippen molar-refractivity contribution in [2.24, 2.45) is 0 Å². The van der Waals surface area contributed by atoms with Crippen LogP contribution in [0.1, 0.15) is 5.56 Å². The summed E-state index contributed by atoms with van der Waals surface area (Å²) < 4.78 is 12.0. The van der Waals surface area contributed by atoms with E-state index in [1.165, 1.54) is 4.68 Å². The summed E-state index contributed by atoms with van der Waals surface area (Å²) in [6.45, 7) is 0.490. The first-order chi connectivity index (χ1) is 12.1. The number of benzene rings is 2. The molecule has 3 aromatic rings. The third kappa shape index (κ3) is 3.08. The molecule has 0 unspecified atom stereocenters. The minimum atomic E-state index is -0.372. The third-order valence-corrected chi connectivity index (χ3v) is 5.32. The average molecular weight is 377 g/mol. The largest absolute Gasteiger partial charge is 0.493 e. The van der Waals surface area contributed by atoms with Crippen LogP contribution < -0.4 is 15.0 Å². The highest BCUT2D eigenvalue weighted by molar-refractivity contribution is 7.99. The Hall–Kier alpha value is -2.51. The van der Waals surface area contributed by atoms with Gasteiger partial charge in [-0.05, 0) is 29.8 Å². The molecule has 0 amide bonds. The van der Waals surface area contributed by atoms with Crippen LogP contribution in [0.15, 0.2) is 57.1 Å². The number of nitrogens with zero attached hydrogens (tertiary/aromatic N) is 1. The highest BCUT2D eigenvalue weighted by Crippen LogP contribution is 2.36. The molecule has 2 N–H and O–H groups in total. The van der Waals surface area contributed by atoms with E-state index in [-0.39, 0.29) is 23.1 Å². The predicted molar refractivity (Wildman–Crippen MR) is 94.0 cm³/mol. The van der Waals surface area contributed by atoms with E-state index in [4.69, 9.17) is 21.1 Å². The quantitative estimate of drug-likeness (QED) is 0.729. The first-order valence-electron chi connectivity index (χ1n) is 7.44. The number of aromatic nitrogens is 2. The number of H-pyrrole nitrogens is 1. The molecule has 0 saturated heterocycles. The van der Waals surface area contributed by atoms with Gasteiger partial charge in [0.25, 0.3) is 5.56 Å². The van der Waals surface area contributed by atoms with Gasteiger partial charge in [-0.15, -0.1) is 0 Å². The number of hydrogen-bond acceptors (Lipinski definition) is 5. The molecule has 128 valence electrons. The Morgan fingerprint density at radius 1 is 1.20 bits per heavy atom. The molecule has 1 aliphatic heterocycles. The number of aromatic amines is 1. The molecule has 1 aliphatic rings. The van der Waals surface area contributed by atoms with Crippen LogP contribution in [0.3, 0.4) is 0 Å². The summed E-state index contributed by atoms with van der Waals surface area (Å²) in [5.74, 6) is 1.20. The van der Waals surface area contributed by atoms with Crippen LogP contribution in [0.5, 0.6) is 17.4 Å². The Kier molecular flexibility index (Phi) is 4.10. The van der Waals surface area contributed by atoms with Crippen molar-refractivity contribution in [2.45, 2.75) is 16.3 Å². The van der Waals surface area contributed by atoms with Crippen LogP contribution in [0, 0.1) is 0 Å². The summed E-state index contributed by atoms with van der Waals surface area (Å²) in [5.41, 5.74) is 0.489. The third-order valence-electron chi connectivity index (χ3n) is 3.73. The molecule has 2 heterocycles. The van der Waals surface area contributed by atoms with E-state index in [0.29, 0.717) is 28.0 Å². The number of rotatable bonds is 4. The zero-order valence-electron chi connectivity index (χ0n) is 12.9. The first kappa shape index (κ1) is 16.0. The van der Waals surface area contributed by atoms with E-state index in [2.05, 4.69) is 5.10 Å². The summed E-state index contributed by atoms with van der Waals surface area (Å²) in [5, 5.41) is 13.6. The summed E-state index contributed by atoms with van der Waals surface area (Å²) in [7, 11) is 0. The van der Waals surface area contributed by atoms with Gasteiger partial charge in [0.05, 0.1) is 11.6 Å². The fraction of sp³-hybridized carbons (Fsp3) is 0.118. The second kappa shape index (κ2) is 6.42. The van der Waals surface area contributed by atoms with Gasteiger partial charge in [0.2, 0.25) is 12.7 Å². The number of halogens is 1. The molecule has 8 heteroatoms. The van der Waals surface area contributed by atoms with Crippen molar-refractivity contribution in [2.75, 3.05) is 6.79 Å². The Bertz CT molecular complexity index is 999. The lowest BCUT2D eigenvalue weighted by Gasteiger charge is -2.06. The van der Waals surface area contributed by atoms with E-state index in [9.17, 15) is 9.90 Å². The van der Waals surface area contributed by atoms with Gasteiger partial charge in [-0.1, -0.05) is 41.6 Å². The molecule has 6 nitrogen and oxygen atoms in total. The Balaban J connectivity index is 1.62. The average Bonchev–Trinajstić information content (AvgIpc) is 3.16. The number of nitrogens with one attached hydrogen (secondary N) is 1. The van der Waals surface area contributed by atoms with E-state index < -0.39 is 0 Å². The smallest absolute Gasteiger partial charge is 0.282 e. The van der Waals surface area contributed by atoms with Gasteiger partial charge in [-0.3, -0.25) is 9.89 Å². The second-order valence-corrected chi connectivity index (χ2v) is 6.86. The molecule has 25 heavy (non-hydrogen) atoms. The molecule has 0 aliphatic carbocycles. The topological polar surface area (TPSA) is 76.5 Å². The van der Waals surface area contributed by atoms with E-state index >= 15 is 0 Å². The Morgan fingerprint density at radius 2 is 2.00 bits per heavy atom. The normalized spacial score (nSPS) is 12.5. The van der Waals surface area contributed by atoms with Gasteiger partial charge in [-0.2, -0.15) is 0 Å². The van der Waals surface area contributed by atoms with Crippen molar-refractivity contribution >= 4 is 23.4 Å². The SMILES string of the molecule is O=c1[nH]n(Cc2ccc3c(c2)OCO3)c(O)c1Sc1ccccc1Cl. The molecule has 0 spiro atoms. The summed E-state index contributed by atoms with van der Waals surface area (Å²) in [4.78, 5) is 13.1. The lowest BCUT2D eigenvalue weighted by molar-refractivity contribution is 0.174. The van der Waals surface area contributed by atoms with Crippen LogP contribution in [0.4, 0.5) is 0 Å². The fourth-order valence-electron chi connectivity index (χ4n) is 2.52. The Labute approximate surface area is 151 Å². The zero-order chi connectivity index (χ0) is 17.4. The van der Waals surface area contributed by atoms with Crippen LogP contribution in [0.2, 0.25) is 5.02 Å². The first-order valence-corrected chi connectivity index (χ1v) is 8.64. The number of hydrogen-bond donors (Lipinski definition) is 2. The number of fused-ring (bicyclic) bond motifs is 1. The van der Waals surface area contributed by atoms with Gasteiger partial charge >= 0.3 is 0 Å². The van der Waals surface area contributed by atoms with Gasteiger partial charge in [-0.25, -0.2) is 4.68 Å². The summed E-state index contributed by atoms with van der Waals surface area (Å²) in [6.07, 6.45) is 0. The maximum atomic E-state index is 12.2. The van der Waals surface area contributed by atoms with Crippen molar-refractivity contribution in [1.29, 1.82) is 0 Å². The van der Waals surface area contributed by atoms with Crippen LogP contribution in [-0.2, 0) is 6.54 Å². The lowest BCUT2D eigenvalue weighted by Crippen LogP contribution is -2.07. The Morgan fingerprint density at radius 3 is 2.84 bits per heavy atom. The molecular formula is C17H13ClN2O4S. The van der Waals surface area contributed by atoms with Crippen molar-refractivity contribution in [1.82, 2.24) is 9.78 Å². The van der Waals surface area contributed by atoms with E-state index in [1.54, 1.807) is 24.3 Å². The van der Waals surface area contributed by atoms with Crippen LogP contribution in [0.25, 0.3) is 0 Å². The maximum Gasteiger partial charge on any atom is 0.282 e. The molecule has 0 radical (unpaired) electrons. The highest BCUT2D eigenvalue weighted by atomic mass is 35.5. The van der Waals surface area contributed by atoms with Gasteiger partial charge in [0.15, 0.2) is 11.5 Å². The predicted octanol–water partition coefficient (Wildman–Crippen LogP) is 3.46. The van der Waals surface area contributed by atoms with Crippen molar-refractivity contribution < 1.29 is 14.6 Å². The number of ether oxygens (including phenoxy) is 2. The minimum Gasteiger partial charge on any atom is -0.493 e. The maximum absolute atomic E-state index is 12.2. The van der Waals surface area contributed by atoms with Crippen LogP contribution >= 0.6 is 23.4 Å². The van der Waals surface area contributed by atoms with E-state index in [1.807, 2.05) is 18.2 Å². The monoisotopic (exact) mass is 376 g/mol. The molecule has 0 fully saturated rings. The zero-order valence-corrected chi connectivity index (χ0v) is 14.4. The second-order valence-electron chi connectivity index (χ2n) is 5.40. The number of aromatic hydroxyl groups is 1. The molecule has 0 atom stereocenters. The summed E-state index contributed by atoms with van der Waals surface area (Å²) in [6, 6.07) is 12.6. The van der Waals surface area contributed by atoms with E-state index in [0.717, 1.165) is 17.3 Å². The van der Waals surface area contributed by atoms with Crippen LogP contribution in [-0.4, -0.2) is 21.7 Å². The van der Waals surface area contributed by atoms with Gasteiger partial charge in [0, 0.05) is 4.90 Å². The molecule has 1 aromatic heterocycles. The standard InChI is InChI=1S/C17H13ClN2O4S/c18-11-3-1-2-4-14(11)25-15-16(21)19-20(17(15)22)8-10-5-6-12-13(7-10)24-9-23-12/h1-7,22H,8-9H2,(H,19,21). The van der Waals surface area contributed by atoms with Gasteiger partial charge < -0.3 is 14.6 Å². The van der Waals surface area contributed by atoms with Crippen molar-refractivity contribution in [3.63, 3.8) is 0 Å². The minimum absolute atomic E-state index is 0.132. The van der Waals surface area contributed by atoms with Crippen molar-refractivity contribution in [3.8, 4) is 17.4 Å². The molecular weight excluding hydrogens is 364 g/mol. The lowest BCUT2D eigenvalue weighted by atomic mass is 10.2. The molecule has 0 bridgehead atoms. The van der Waals surface area contributed by atoms with Crippen molar-refractivity contribution in [3.05, 3.63) is 63.4 Å². The fourth-order valence-corrected chi connectivity index (χ4v) is 3.64. The molecule has 0 saturated carbocycles. The molecule has 4 rings (SSSR count).